The van der Waals surface area contributed by atoms with Gasteiger partial charge in [-0.1, -0.05) is 17.5 Å². The summed E-state index contributed by atoms with van der Waals surface area (Å²) in [6.07, 6.45) is 6.27. The number of hydrogen-bond acceptors (Lipinski definition) is 7. The average molecular weight is 375 g/mol. The van der Waals surface area contributed by atoms with Crippen molar-refractivity contribution in [3.63, 3.8) is 0 Å². The van der Waals surface area contributed by atoms with Crippen LogP contribution in [0.15, 0.2) is 24.5 Å². The van der Waals surface area contributed by atoms with Crippen molar-refractivity contribution in [2.75, 3.05) is 24.7 Å². The molecule has 2 aromatic rings. The van der Waals surface area contributed by atoms with Crippen molar-refractivity contribution in [3.05, 3.63) is 35.1 Å². The van der Waals surface area contributed by atoms with Gasteiger partial charge in [0.25, 0.3) is 0 Å². The van der Waals surface area contributed by atoms with E-state index in [2.05, 4.69) is 26.5 Å². The molecule has 5 N–H and O–H groups in total. The van der Waals surface area contributed by atoms with Gasteiger partial charge in [0.15, 0.2) is 0 Å². The molecule has 1 aromatic carbocycles. The molecular formula is C16H15ClN6O3. The van der Waals surface area contributed by atoms with Crippen molar-refractivity contribution >= 4 is 35.0 Å². The number of terminal acetylenes is 1. The van der Waals surface area contributed by atoms with E-state index < -0.39 is 6.03 Å². The quantitative estimate of drug-likeness (QED) is 0.360. The standard InChI is InChI=1S/C16H15ClN6O3/c1-3-6-20-16(24)23-11-5-4-9(7-10(11)17)26-15-12(14(19)25-2)13(18)21-8-22-15/h1,4-5,7-8,19H,6H2,2H3,(H2,18,21,22)(H2,20,23,24). The number of nitrogens with zero attached hydrogens (tertiary/aromatic N) is 2. The Balaban J connectivity index is 2.21. The van der Waals surface area contributed by atoms with Crippen LogP contribution in [0.5, 0.6) is 11.6 Å². The van der Waals surface area contributed by atoms with Crippen LogP contribution in [0.2, 0.25) is 5.02 Å². The lowest BCUT2D eigenvalue weighted by Gasteiger charge is -2.13. The highest BCUT2D eigenvalue weighted by Crippen LogP contribution is 2.31. The van der Waals surface area contributed by atoms with E-state index in [1.165, 1.54) is 19.5 Å². The fraction of sp³-hybridized carbons (Fsp3) is 0.125. The van der Waals surface area contributed by atoms with E-state index in [1.807, 2.05) is 0 Å². The van der Waals surface area contributed by atoms with Crippen LogP contribution in [0.1, 0.15) is 5.56 Å². The van der Waals surface area contributed by atoms with Gasteiger partial charge in [0.2, 0.25) is 11.8 Å². The average Bonchev–Trinajstić information content (AvgIpc) is 2.62. The van der Waals surface area contributed by atoms with Crippen molar-refractivity contribution in [1.82, 2.24) is 15.3 Å². The number of nitrogen functional groups attached to an aromatic ring is 1. The normalized spacial score (nSPS) is 9.73. The summed E-state index contributed by atoms with van der Waals surface area (Å²) in [7, 11) is 1.32. The maximum absolute atomic E-state index is 11.6. The number of halogens is 1. The van der Waals surface area contributed by atoms with Crippen LogP contribution in [0, 0.1) is 17.8 Å². The monoisotopic (exact) mass is 374 g/mol. The first kappa shape index (κ1) is 18.8. The predicted octanol–water partition coefficient (Wildman–Crippen LogP) is 2.23. The highest BCUT2D eigenvalue weighted by atomic mass is 35.5. The Labute approximate surface area is 154 Å². The van der Waals surface area contributed by atoms with Crippen molar-refractivity contribution in [1.29, 1.82) is 5.41 Å². The minimum Gasteiger partial charge on any atom is -0.481 e. The molecule has 9 nitrogen and oxygen atoms in total. The summed E-state index contributed by atoms with van der Waals surface area (Å²) in [5.41, 5.74) is 6.23. The number of urea groups is 1. The Morgan fingerprint density at radius 2 is 2.23 bits per heavy atom. The second kappa shape index (κ2) is 8.55. The molecule has 134 valence electrons. The molecule has 0 aliphatic carbocycles. The third-order valence-corrected chi connectivity index (χ3v) is 3.34. The molecule has 0 saturated carbocycles. The van der Waals surface area contributed by atoms with E-state index >= 15 is 0 Å². The molecule has 0 atom stereocenters. The molecule has 0 unspecified atom stereocenters. The summed E-state index contributed by atoms with van der Waals surface area (Å²) in [5, 5.41) is 13.0. The number of aromatic nitrogens is 2. The summed E-state index contributed by atoms with van der Waals surface area (Å²) in [5.74, 6) is 2.43. The number of anilines is 2. The first-order valence-electron chi connectivity index (χ1n) is 7.15. The zero-order chi connectivity index (χ0) is 19.1. The molecular weight excluding hydrogens is 360 g/mol. The Hall–Kier alpha value is -3.51. The van der Waals surface area contributed by atoms with E-state index in [1.54, 1.807) is 12.1 Å². The number of nitrogens with two attached hydrogens (primary N) is 1. The minimum atomic E-state index is -0.488. The van der Waals surface area contributed by atoms with Crippen molar-refractivity contribution in [2.45, 2.75) is 0 Å². The van der Waals surface area contributed by atoms with Crippen LogP contribution in [-0.4, -0.2) is 35.6 Å². The van der Waals surface area contributed by atoms with Crippen LogP contribution in [0.3, 0.4) is 0 Å². The lowest BCUT2D eigenvalue weighted by molar-refractivity contribution is 0.253. The van der Waals surface area contributed by atoms with Crippen LogP contribution >= 0.6 is 11.6 Å². The van der Waals surface area contributed by atoms with E-state index in [9.17, 15) is 4.79 Å². The van der Waals surface area contributed by atoms with Crippen LogP contribution in [-0.2, 0) is 4.74 Å². The Bertz CT molecular complexity index is 881. The topological polar surface area (TPSA) is 135 Å². The molecule has 0 spiro atoms. The van der Waals surface area contributed by atoms with Crippen molar-refractivity contribution < 1.29 is 14.3 Å². The SMILES string of the molecule is C#CCNC(=O)Nc1ccc(Oc2ncnc(N)c2C(=N)OC)cc1Cl. The van der Waals surface area contributed by atoms with Crippen molar-refractivity contribution in [3.8, 4) is 24.0 Å². The van der Waals surface area contributed by atoms with E-state index in [-0.39, 0.29) is 34.7 Å². The zero-order valence-electron chi connectivity index (χ0n) is 13.7. The zero-order valence-corrected chi connectivity index (χ0v) is 14.4. The Morgan fingerprint density at radius 3 is 2.88 bits per heavy atom. The highest BCUT2D eigenvalue weighted by Gasteiger charge is 2.17. The number of methoxy groups -OCH3 is 1. The summed E-state index contributed by atoms with van der Waals surface area (Å²) in [6, 6.07) is 4.08. The fourth-order valence-corrected chi connectivity index (χ4v) is 2.06. The molecule has 0 fully saturated rings. The third-order valence-electron chi connectivity index (χ3n) is 3.03. The second-order valence-electron chi connectivity index (χ2n) is 4.73. The molecule has 26 heavy (non-hydrogen) atoms. The molecule has 0 bridgehead atoms. The maximum atomic E-state index is 11.6. The lowest BCUT2D eigenvalue weighted by Crippen LogP contribution is -2.28. The van der Waals surface area contributed by atoms with Gasteiger partial charge in [-0.25, -0.2) is 14.8 Å². The minimum absolute atomic E-state index is 0.0351. The molecule has 2 rings (SSSR count). The van der Waals surface area contributed by atoms with Gasteiger partial charge in [-0.2, -0.15) is 0 Å². The summed E-state index contributed by atoms with van der Waals surface area (Å²) >= 11 is 6.15. The van der Waals surface area contributed by atoms with Gasteiger partial charge < -0.3 is 25.8 Å². The highest BCUT2D eigenvalue weighted by molar-refractivity contribution is 6.33. The van der Waals surface area contributed by atoms with Crippen LogP contribution < -0.4 is 21.1 Å². The first-order chi connectivity index (χ1) is 12.5. The lowest BCUT2D eigenvalue weighted by atomic mass is 10.2. The van der Waals surface area contributed by atoms with Gasteiger partial charge in [0, 0.05) is 6.07 Å². The Kier molecular flexibility index (Phi) is 6.19. The molecule has 1 aromatic heterocycles. The number of rotatable bonds is 5. The molecule has 2 amide bonds. The number of carbonyl (C=O) groups excluding carboxylic acids is 1. The van der Waals surface area contributed by atoms with E-state index in [0.29, 0.717) is 11.4 Å². The second-order valence-corrected chi connectivity index (χ2v) is 5.14. The smallest absolute Gasteiger partial charge is 0.320 e. The molecule has 1 heterocycles. The van der Waals surface area contributed by atoms with Crippen molar-refractivity contribution in [2.24, 2.45) is 0 Å². The molecule has 10 heteroatoms. The van der Waals surface area contributed by atoms with Gasteiger partial charge in [-0.15, -0.1) is 6.42 Å². The van der Waals surface area contributed by atoms with Gasteiger partial charge in [-0.3, -0.25) is 5.41 Å². The summed E-state index contributed by atoms with van der Waals surface area (Å²) < 4.78 is 10.5. The van der Waals surface area contributed by atoms with Gasteiger partial charge >= 0.3 is 6.03 Å². The number of ether oxygens (including phenoxy) is 2. The number of hydrogen-bond donors (Lipinski definition) is 4. The van der Waals surface area contributed by atoms with Crippen LogP contribution in [0.4, 0.5) is 16.3 Å². The number of benzene rings is 1. The Morgan fingerprint density at radius 1 is 1.46 bits per heavy atom. The van der Waals surface area contributed by atoms with Gasteiger partial charge in [-0.05, 0) is 12.1 Å². The summed E-state index contributed by atoms with van der Waals surface area (Å²) in [4.78, 5) is 19.4. The van der Waals surface area contributed by atoms with E-state index in [4.69, 9.17) is 38.6 Å². The molecule has 0 saturated heterocycles. The van der Waals surface area contributed by atoms with E-state index in [0.717, 1.165) is 0 Å². The number of amides is 2. The predicted molar refractivity (Wildman–Crippen MR) is 97.7 cm³/mol. The molecule has 0 aliphatic rings. The van der Waals surface area contributed by atoms with Crippen LogP contribution in [0.25, 0.3) is 0 Å². The molecule has 0 radical (unpaired) electrons. The number of nitrogens with one attached hydrogen (secondary N) is 3. The first-order valence-corrected chi connectivity index (χ1v) is 7.53. The molecule has 0 aliphatic heterocycles. The largest absolute Gasteiger partial charge is 0.481 e. The number of carbonyl (C=O) groups is 1. The van der Waals surface area contributed by atoms with Gasteiger partial charge in [0.1, 0.15) is 23.5 Å². The third kappa shape index (κ3) is 4.52. The maximum Gasteiger partial charge on any atom is 0.320 e. The fourth-order valence-electron chi connectivity index (χ4n) is 1.85. The summed E-state index contributed by atoms with van der Waals surface area (Å²) in [6.45, 7) is 0.0913. The van der Waals surface area contributed by atoms with Gasteiger partial charge in [0.05, 0.1) is 24.4 Å².